The quantitative estimate of drug-likeness (QED) is 0.590. The topological polar surface area (TPSA) is 16.8 Å². The maximum atomic E-state index is 4.50. The minimum absolute atomic E-state index is 1.09. The van der Waals surface area contributed by atoms with E-state index in [9.17, 15) is 0 Å². The monoisotopic (exact) mass is 237 g/mol. The molecule has 2 aromatic rings. The first-order valence-electron chi connectivity index (χ1n) is 4.69. The fourth-order valence-electron chi connectivity index (χ4n) is 1.33. The minimum atomic E-state index is 1.09. The molecule has 0 aliphatic rings. The molecule has 1 aromatic carbocycles. The van der Waals surface area contributed by atoms with Gasteiger partial charge in [-0.15, -0.1) is 0 Å². The Balaban J connectivity index is 2.41. The van der Waals surface area contributed by atoms with Crippen molar-refractivity contribution in [1.82, 2.24) is 5.10 Å². The first kappa shape index (κ1) is 10.6. The van der Waals surface area contributed by atoms with Gasteiger partial charge >= 0.3 is 4.34 Å². The van der Waals surface area contributed by atoms with E-state index in [1.54, 1.807) is 23.1 Å². The van der Waals surface area contributed by atoms with Crippen LogP contribution in [0.15, 0.2) is 28.6 Å². The van der Waals surface area contributed by atoms with Crippen LogP contribution < -0.4 is 4.68 Å². The zero-order valence-corrected chi connectivity index (χ0v) is 10.7. The summed E-state index contributed by atoms with van der Waals surface area (Å²) in [6.07, 6.45) is 2.08. The Bertz CT molecular complexity index is 460. The summed E-state index contributed by atoms with van der Waals surface area (Å²) < 4.78 is 3.16. The summed E-state index contributed by atoms with van der Waals surface area (Å²) in [6.45, 7) is 2.10. The number of thioether (sulfide) groups is 1. The van der Waals surface area contributed by atoms with Crippen molar-refractivity contribution in [2.24, 2.45) is 7.05 Å². The van der Waals surface area contributed by atoms with Gasteiger partial charge in [0.15, 0.2) is 12.1 Å². The van der Waals surface area contributed by atoms with Gasteiger partial charge in [-0.3, -0.25) is 0 Å². The highest BCUT2D eigenvalue weighted by Crippen LogP contribution is 2.26. The molecule has 0 radical (unpaired) electrons. The van der Waals surface area contributed by atoms with Gasteiger partial charge in [0.05, 0.1) is 0 Å². The lowest BCUT2D eigenvalue weighted by atomic mass is 10.2. The summed E-state index contributed by atoms with van der Waals surface area (Å²) in [6, 6.07) is 8.49. The zero-order chi connectivity index (χ0) is 10.8. The van der Waals surface area contributed by atoms with E-state index in [-0.39, 0.29) is 0 Å². The number of hydrogen-bond acceptors (Lipinski definition) is 3. The maximum absolute atomic E-state index is 4.50. The molecule has 1 aromatic heterocycles. The first-order chi connectivity index (χ1) is 7.20. The fourth-order valence-corrected chi connectivity index (χ4v) is 2.96. The van der Waals surface area contributed by atoms with Crippen LogP contribution in [0.3, 0.4) is 0 Å². The highest BCUT2D eigenvalue weighted by Gasteiger charge is 2.15. The third-order valence-electron chi connectivity index (χ3n) is 2.16. The van der Waals surface area contributed by atoms with Crippen LogP contribution in [0, 0.1) is 6.92 Å². The van der Waals surface area contributed by atoms with E-state index in [0.717, 1.165) is 5.01 Å². The molecule has 2 rings (SSSR count). The van der Waals surface area contributed by atoms with E-state index >= 15 is 0 Å². The van der Waals surface area contributed by atoms with Crippen molar-refractivity contribution >= 4 is 23.1 Å². The first-order valence-corrected chi connectivity index (χ1v) is 6.73. The molecule has 0 aliphatic heterocycles. The standard InChI is InChI=1S/C11H13N2S2/c1-8-4-6-9(7-5-8)10-12-13(2)11(14-3)15-10/h4-7H,1-3H3/q+1. The van der Waals surface area contributed by atoms with Gasteiger partial charge in [-0.05, 0) is 36.3 Å². The molecule has 78 valence electrons. The molecule has 15 heavy (non-hydrogen) atoms. The molecule has 0 N–H and O–H groups in total. The molecule has 0 atom stereocenters. The van der Waals surface area contributed by atoms with Crippen molar-refractivity contribution < 1.29 is 4.68 Å². The second kappa shape index (κ2) is 4.33. The van der Waals surface area contributed by atoms with Gasteiger partial charge in [-0.25, -0.2) is 0 Å². The highest BCUT2D eigenvalue weighted by molar-refractivity contribution is 8.00. The molecule has 0 saturated heterocycles. The Kier molecular flexibility index (Phi) is 3.07. The van der Waals surface area contributed by atoms with E-state index in [1.165, 1.54) is 15.5 Å². The zero-order valence-electron chi connectivity index (χ0n) is 9.02. The molecule has 0 unspecified atom stereocenters. The van der Waals surface area contributed by atoms with Gasteiger partial charge in [0, 0.05) is 10.7 Å². The normalized spacial score (nSPS) is 10.6. The van der Waals surface area contributed by atoms with Crippen molar-refractivity contribution in [2.45, 2.75) is 11.3 Å². The molecular formula is C11H13N2S2+. The van der Waals surface area contributed by atoms with Crippen molar-refractivity contribution in [2.75, 3.05) is 6.26 Å². The molecule has 2 nitrogen and oxygen atoms in total. The summed E-state index contributed by atoms with van der Waals surface area (Å²) >= 11 is 3.47. The lowest BCUT2D eigenvalue weighted by Gasteiger charge is -1.93. The van der Waals surface area contributed by atoms with Gasteiger partial charge in [0.2, 0.25) is 0 Å². The second-order valence-electron chi connectivity index (χ2n) is 3.37. The number of benzene rings is 1. The SMILES string of the molecule is CSc1sc(-c2ccc(C)cc2)n[n+]1C. The number of aryl methyl sites for hydroxylation is 2. The molecular weight excluding hydrogens is 224 g/mol. The van der Waals surface area contributed by atoms with Crippen LogP contribution in [0.25, 0.3) is 10.6 Å². The van der Waals surface area contributed by atoms with E-state index < -0.39 is 0 Å². The maximum Gasteiger partial charge on any atom is 0.324 e. The molecule has 0 aliphatic carbocycles. The minimum Gasteiger partial charge on any atom is -0.0691 e. The molecule has 0 fully saturated rings. The fraction of sp³-hybridized carbons (Fsp3) is 0.273. The number of rotatable bonds is 2. The van der Waals surface area contributed by atoms with Crippen LogP contribution in [-0.4, -0.2) is 11.4 Å². The Morgan fingerprint density at radius 1 is 1.27 bits per heavy atom. The molecule has 0 spiro atoms. The molecule has 0 amide bonds. The summed E-state index contributed by atoms with van der Waals surface area (Å²) in [7, 11) is 1.99. The molecule has 4 heteroatoms. The predicted octanol–water partition coefficient (Wildman–Crippen LogP) is 2.66. The van der Waals surface area contributed by atoms with Crippen LogP contribution in [0.1, 0.15) is 5.56 Å². The van der Waals surface area contributed by atoms with Crippen LogP contribution in [-0.2, 0) is 7.05 Å². The second-order valence-corrected chi connectivity index (χ2v) is 5.40. The summed E-state index contributed by atoms with van der Waals surface area (Å²) in [5.74, 6) is 0. The highest BCUT2D eigenvalue weighted by atomic mass is 32.2. The number of aromatic nitrogens is 2. The Morgan fingerprint density at radius 2 is 1.93 bits per heavy atom. The van der Waals surface area contributed by atoms with E-state index in [1.807, 2.05) is 11.7 Å². The van der Waals surface area contributed by atoms with E-state index in [4.69, 9.17) is 0 Å². The molecule has 0 bridgehead atoms. The van der Waals surface area contributed by atoms with Crippen molar-refractivity contribution in [3.8, 4) is 10.6 Å². The molecule has 1 heterocycles. The third kappa shape index (κ3) is 2.21. The molecule has 0 saturated carbocycles. The largest absolute Gasteiger partial charge is 0.324 e. The van der Waals surface area contributed by atoms with Gasteiger partial charge in [0.25, 0.3) is 0 Å². The average Bonchev–Trinajstić information content (AvgIpc) is 2.61. The van der Waals surface area contributed by atoms with Crippen molar-refractivity contribution in [3.63, 3.8) is 0 Å². The van der Waals surface area contributed by atoms with Crippen molar-refractivity contribution in [3.05, 3.63) is 29.8 Å². The van der Waals surface area contributed by atoms with E-state index in [2.05, 4.69) is 42.5 Å². The number of nitrogens with zero attached hydrogens (tertiary/aromatic N) is 2. The Labute approximate surface area is 98.0 Å². The van der Waals surface area contributed by atoms with Crippen molar-refractivity contribution in [1.29, 1.82) is 0 Å². The average molecular weight is 237 g/mol. The Morgan fingerprint density at radius 3 is 2.47 bits per heavy atom. The van der Waals surface area contributed by atoms with Gasteiger partial charge in [-0.1, -0.05) is 34.5 Å². The van der Waals surface area contributed by atoms with Crippen LogP contribution in [0.5, 0.6) is 0 Å². The smallest absolute Gasteiger partial charge is 0.0691 e. The Hall–Kier alpha value is -0.870. The third-order valence-corrected chi connectivity index (χ3v) is 4.48. The van der Waals surface area contributed by atoms with Gasteiger partial charge < -0.3 is 0 Å². The summed E-state index contributed by atoms with van der Waals surface area (Å²) in [5, 5.41) is 5.58. The lowest BCUT2D eigenvalue weighted by molar-refractivity contribution is -0.757. The lowest BCUT2D eigenvalue weighted by Crippen LogP contribution is -2.31. The van der Waals surface area contributed by atoms with Gasteiger partial charge in [0.1, 0.15) is 0 Å². The van der Waals surface area contributed by atoms with Gasteiger partial charge in [-0.2, -0.15) is 0 Å². The number of hydrogen-bond donors (Lipinski definition) is 0. The summed E-state index contributed by atoms with van der Waals surface area (Å²) in [4.78, 5) is 0. The van der Waals surface area contributed by atoms with E-state index in [0.29, 0.717) is 0 Å². The predicted molar refractivity (Wildman–Crippen MR) is 65.2 cm³/mol. The van der Waals surface area contributed by atoms with Crippen LogP contribution in [0.2, 0.25) is 0 Å². The summed E-state index contributed by atoms with van der Waals surface area (Å²) in [5.41, 5.74) is 2.48. The van der Waals surface area contributed by atoms with Crippen LogP contribution >= 0.6 is 23.1 Å². The van der Waals surface area contributed by atoms with Crippen LogP contribution in [0.4, 0.5) is 0 Å².